The summed E-state index contributed by atoms with van der Waals surface area (Å²) in [5.74, 6) is 0.139. The van der Waals surface area contributed by atoms with Gasteiger partial charge in [0.2, 0.25) is 0 Å². The van der Waals surface area contributed by atoms with Gasteiger partial charge >= 0.3 is 4.94 Å². The molecule has 0 atom stereocenters. The van der Waals surface area contributed by atoms with Gasteiger partial charge < -0.3 is 9.52 Å². The predicted octanol–water partition coefficient (Wildman–Crippen LogP) is 5.65. The summed E-state index contributed by atoms with van der Waals surface area (Å²) in [5.41, 5.74) is 3.98. The van der Waals surface area contributed by atoms with Gasteiger partial charge in [0.15, 0.2) is 5.58 Å². The summed E-state index contributed by atoms with van der Waals surface area (Å²) in [5, 5.41) is 12.9. The van der Waals surface area contributed by atoms with Crippen molar-refractivity contribution in [3.8, 4) is 16.9 Å². The van der Waals surface area contributed by atoms with E-state index >= 15 is 0 Å². The second kappa shape index (κ2) is 5.36. The highest BCUT2D eigenvalue weighted by molar-refractivity contribution is 7.17. The Bertz CT molecular complexity index is 1170. The quantitative estimate of drug-likeness (QED) is 0.479. The van der Waals surface area contributed by atoms with Crippen molar-refractivity contribution in [2.24, 2.45) is 0 Å². The Balaban J connectivity index is 2.25. The van der Waals surface area contributed by atoms with Crippen molar-refractivity contribution in [1.29, 1.82) is 0 Å². The standard InChI is InChI=1S/C19H13ClO3S/c1-9-6-13-14(7-10(9)2)17-18(24-19(22)23-17)15(16(13)21)11-4-3-5-12(20)8-11/h3-8,21H,1-2H3. The average molecular weight is 357 g/mol. The third-order valence-corrected chi connectivity index (χ3v) is 5.37. The maximum Gasteiger partial charge on any atom is 0.396 e. The molecule has 0 bridgehead atoms. The van der Waals surface area contributed by atoms with E-state index in [0.29, 0.717) is 26.3 Å². The monoisotopic (exact) mass is 356 g/mol. The Kier molecular flexibility index (Phi) is 3.41. The summed E-state index contributed by atoms with van der Waals surface area (Å²) < 4.78 is 6.08. The molecule has 1 N–H and O–H groups in total. The highest BCUT2D eigenvalue weighted by Gasteiger charge is 2.20. The smallest absolute Gasteiger partial charge is 0.396 e. The molecular weight excluding hydrogens is 344 g/mol. The topological polar surface area (TPSA) is 50.4 Å². The molecule has 0 spiro atoms. The minimum Gasteiger partial charge on any atom is -0.507 e. The van der Waals surface area contributed by atoms with Crippen molar-refractivity contribution >= 4 is 44.0 Å². The van der Waals surface area contributed by atoms with Gasteiger partial charge in [-0.3, -0.25) is 0 Å². The first-order valence-corrected chi connectivity index (χ1v) is 8.60. The molecular formula is C19H13ClO3S. The van der Waals surface area contributed by atoms with Crippen LogP contribution in [-0.2, 0) is 0 Å². The van der Waals surface area contributed by atoms with E-state index in [-0.39, 0.29) is 5.75 Å². The lowest BCUT2D eigenvalue weighted by Crippen LogP contribution is -1.87. The first kappa shape index (κ1) is 15.2. The Morgan fingerprint density at radius 3 is 2.50 bits per heavy atom. The van der Waals surface area contributed by atoms with E-state index in [1.54, 1.807) is 12.1 Å². The van der Waals surface area contributed by atoms with Crippen molar-refractivity contribution in [2.75, 3.05) is 0 Å². The summed E-state index contributed by atoms with van der Waals surface area (Å²) in [7, 11) is 0. The maximum atomic E-state index is 11.9. The molecule has 4 aromatic rings. The molecule has 1 aromatic heterocycles. The van der Waals surface area contributed by atoms with Crippen molar-refractivity contribution in [3.63, 3.8) is 0 Å². The van der Waals surface area contributed by atoms with Gasteiger partial charge in [-0.1, -0.05) is 35.1 Å². The highest BCUT2D eigenvalue weighted by atomic mass is 35.5. The van der Waals surface area contributed by atoms with Gasteiger partial charge in [-0.2, -0.15) is 0 Å². The minimum atomic E-state index is -0.390. The maximum absolute atomic E-state index is 11.9. The van der Waals surface area contributed by atoms with E-state index in [1.165, 1.54) is 0 Å². The van der Waals surface area contributed by atoms with E-state index < -0.39 is 4.94 Å². The van der Waals surface area contributed by atoms with Crippen molar-refractivity contribution in [3.05, 3.63) is 62.3 Å². The predicted molar refractivity (Wildman–Crippen MR) is 99.5 cm³/mol. The summed E-state index contributed by atoms with van der Waals surface area (Å²) in [4.78, 5) is 11.5. The van der Waals surface area contributed by atoms with Gasteiger partial charge in [0.05, 0.1) is 4.70 Å². The molecule has 24 heavy (non-hydrogen) atoms. The van der Waals surface area contributed by atoms with Crippen LogP contribution in [0.5, 0.6) is 5.75 Å². The molecule has 0 radical (unpaired) electrons. The van der Waals surface area contributed by atoms with Crippen LogP contribution in [0.25, 0.3) is 32.2 Å². The van der Waals surface area contributed by atoms with Crippen LogP contribution in [0.4, 0.5) is 0 Å². The molecule has 3 aromatic carbocycles. The fourth-order valence-corrected chi connectivity index (χ4v) is 4.02. The van der Waals surface area contributed by atoms with Crippen LogP contribution in [0.3, 0.4) is 0 Å². The summed E-state index contributed by atoms with van der Waals surface area (Å²) >= 11 is 7.10. The van der Waals surface area contributed by atoms with Crippen LogP contribution in [-0.4, -0.2) is 5.11 Å². The zero-order chi connectivity index (χ0) is 17.0. The molecule has 3 nitrogen and oxygen atoms in total. The number of benzene rings is 3. The second-order valence-corrected chi connectivity index (χ2v) is 7.21. The van der Waals surface area contributed by atoms with Gasteiger partial charge in [0.1, 0.15) is 5.75 Å². The van der Waals surface area contributed by atoms with Crippen molar-refractivity contribution in [2.45, 2.75) is 13.8 Å². The third kappa shape index (κ3) is 2.22. The molecule has 0 saturated carbocycles. The van der Waals surface area contributed by atoms with Crippen LogP contribution in [0, 0.1) is 13.8 Å². The molecule has 120 valence electrons. The number of aromatic hydroxyl groups is 1. The third-order valence-electron chi connectivity index (χ3n) is 4.29. The lowest BCUT2D eigenvalue weighted by Gasteiger charge is -2.12. The average Bonchev–Trinajstić information content (AvgIpc) is 2.91. The van der Waals surface area contributed by atoms with Crippen LogP contribution >= 0.6 is 22.9 Å². The number of hydrogen-bond donors (Lipinski definition) is 1. The number of phenols is 1. The molecule has 1 heterocycles. The zero-order valence-corrected chi connectivity index (χ0v) is 14.6. The molecule has 0 aliphatic rings. The minimum absolute atomic E-state index is 0.139. The van der Waals surface area contributed by atoms with E-state index in [4.69, 9.17) is 16.0 Å². The SMILES string of the molecule is Cc1cc2c(O)c(-c3cccc(Cl)c3)c3sc(=O)oc3c2cc1C. The Morgan fingerprint density at radius 1 is 1.08 bits per heavy atom. The Morgan fingerprint density at radius 2 is 1.79 bits per heavy atom. The van der Waals surface area contributed by atoms with Crippen LogP contribution in [0.1, 0.15) is 11.1 Å². The van der Waals surface area contributed by atoms with Gasteiger partial charge in [-0.25, -0.2) is 4.79 Å². The lowest BCUT2D eigenvalue weighted by molar-refractivity contribution is 0.484. The first-order chi connectivity index (χ1) is 11.5. The molecule has 0 fully saturated rings. The highest BCUT2D eigenvalue weighted by Crippen LogP contribution is 2.45. The zero-order valence-electron chi connectivity index (χ0n) is 13.0. The number of halogens is 1. The molecule has 0 saturated heterocycles. The van der Waals surface area contributed by atoms with Gasteiger partial charge in [0, 0.05) is 21.4 Å². The molecule has 0 unspecified atom stereocenters. The number of fused-ring (bicyclic) bond motifs is 3. The summed E-state index contributed by atoms with van der Waals surface area (Å²) in [6, 6.07) is 11.1. The lowest BCUT2D eigenvalue weighted by atomic mass is 9.96. The van der Waals surface area contributed by atoms with Crippen LogP contribution in [0.2, 0.25) is 5.02 Å². The summed E-state index contributed by atoms with van der Waals surface area (Å²) in [6.45, 7) is 3.98. The van der Waals surface area contributed by atoms with Crippen molar-refractivity contribution in [1.82, 2.24) is 0 Å². The molecule has 0 aliphatic heterocycles. The van der Waals surface area contributed by atoms with E-state index in [2.05, 4.69) is 0 Å². The Hall–Kier alpha value is -2.30. The Labute approximate surface area is 146 Å². The molecule has 0 amide bonds. The van der Waals surface area contributed by atoms with Gasteiger partial charge in [-0.05, 0) is 54.8 Å². The van der Waals surface area contributed by atoms with Crippen LogP contribution in [0.15, 0.2) is 45.6 Å². The molecule has 5 heteroatoms. The van der Waals surface area contributed by atoms with E-state index in [9.17, 15) is 9.90 Å². The largest absolute Gasteiger partial charge is 0.507 e. The second-order valence-electron chi connectivity index (χ2n) is 5.83. The number of aryl methyl sites for hydroxylation is 2. The van der Waals surface area contributed by atoms with Crippen LogP contribution < -0.4 is 4.94 Å². The fraction of sp³-hybridized carbons (Fsp3) is 0.105. The van der Waals surface area contributed by atoms with E-state index in [1.807, 2.05) is 38.1 Å². The van der Waals surface area contributed by atoms with E-state index in [0.717, 1.165) is 33.4 Å². The number of rotatable bonds is 1. The summed E-state index contributed by atoms with van der Waals surface area (Å²) in [6.07, 6.45) is 0. The van der Waals surface area contributed by atoms with Gasteiger partial charge in [0.25, 0.3) is 0 Å². The fourth-order valence-electron chi connectivity index (χ4n) is 2.98. The van der Waals surface area contributed by atoms with Gasteiger partial charge in [-0.15, -0.1) is 0 Å². The number of phenolic OH excluding ortho intramolecular Hbond substituents is 1. The van der Waals surface area contributed by atoms with Crippen molar-refractivity contribution < 1.29 is 9.52 Å². The molecule has 0 aliphatic carbocycles. The normalized spacial score (nSPS) is 11.5. The molecule has 4 rings (SSSR count). The first-order valence-electron chi connectivity index (χ1n) is 7.41. The number of hydrogen-bond acceptors (Lipinski definition) is 4.